The normalized spacial score (nSPS) is 25.5. The standard InChI is InChI=1S/C8H15BN2O4/c1-2-3-4-9-14-5(7(10)12)6(15-9)8(11)13/h5-6H,2-4H2,1H3,(H2,10,12)(H2,11,13)/t5-,6-/m1/s1. The lowest BCUT2D eigenvalue weighted by Crippen LogP contribution is -2.44. The Morgan fingerprint density at radius 2 is 1.67 bits per heavy atom. The zero-order valence-electron chi connectivity index (χ0n) is 8.64. The van der Waals surface area contributed by atoms with Crippen molar-refractivity contribution in [3.05, 3.63) is 0 Å². The van der Waals surface area contributed by atoms with E-state index >= 15 is 0 Å². The largest absolute Gasteiger partial charge is 0.458 e. The maximum absolute atomic E-state index is 10.9. The highest BCUT2D eigenvalue weighted by Gasteiger charge is 2.45. The average Bonchev–Trinajstić information content (AvgIpc) is 2.58. The molecule has 0 aliphatic carbocycles. The summed E-state index contributed by atoms with van der Waals surface area (Å²) in [6.07, 6.45) is 0.394. The molecule has 15 heavy (non-hydrogen) atoms. The molecule has 7 heteroatoms. The molecule has 2 atom stereocenters. The monoisotopic (exact) mass is 214 g/mol. The molecular weight excluding hydrogens is 199 g/mol. The van der Waals surface area contributed by atoms with Crippen molar-refractivity contribution in [3.8, 4) is 0 Å². The van der Waals surface area contributed by atoms with E-state index in [1.54, 1.807) is 0 Å². The first kappa shape index (κ1) is 12.0. The first-order chi connectivity index (χ1) is 7.06. The molecule has 1 aliphatic heterocycles. The number of hydrogen-bond acceptors (Lipinski definition) is 4. The van der Waals surface area contributed by atoms with Gasteiger partial charge in [0.1, 0.15) is 0 Å². The minimum atomic E-state index is -1.05. The molecule has 1 aliphatic rings. The van der Waals surface area contributed by atoms with Crippen LogP contribution in [0.15, 0.2) is 0 Å². The number of amides is 2. The van der Waals surface area contributed by atoms with Crippen LogP contribution in [0.25, 0.3) is 0 Å². The average molecular weight is 214 g/mol. The Bertz CT molecular complexity index is 239. The summed E-state index contributed by atoms with van der Waals surface area (Å²) in [6, 6.07) is 0. The molecule has 0 radical (unpaired) electrons. The van der Waals surface area contributed by atoms with Crippen LogP contribution in [0, 0.1) is 0 Å². The fourth-order valence-corrected chi connectivity index (χ4v) is 1.44. The molecule has 0 spiro atoms. The Morgan fingerprint density at radius 1 is 1.20 bits per heavy atom. The van der Waals surface area contributed by atoms with Gasteiger partial charge in [-0.2, -0.15) is 0 Å². The molecule has 0 unspecified atom stereocenters. The topological polar surface area (TPSA) is 105 Å². The third-order valence-corrected chi connectivity index (χ3v) is 2.23. The van der Waals surface area contributed by atoms with Crippen LogP contribution in [0.3, 0.4) is 0 Å². The van der Waals surface area contributed by atoms with Crippen molar-refractivity contribution in [2.24, 2.45) is 11.5 Å². The van der Waals surface area contributed by atoms with Crippen molar-refractivity contribution in [1.29, 1.82) is 0 Å². The maximum Gasteiger partial charge on any atom is 0.458 e. The van der Waals surface area contributed by atoms with Crippen molar-refractivity contribution in [2.75, 3.05) is 0 Å². The summed E-state index contributed by atoms with van der Waals surface area (Å²) < 4.78 is 10.4. The van der Waals surface area contributed by atoms with Crippen LogP contribution in [0.2, 0.25) is 6.32 Å². The van der Waals surface area contributed by atoms with Crippen LogP contribution in [0.4, 0.5) is 0 Å². The summed E-state index contributed by atoms with van der Waals surface area (Å²) in [5.41, 5.74) is 10.1. The van der Waals surface area contributed by atoms with E-state index in [1.807, 2.05) is 6.92 Å². The van der Waals surface area contributed by atoms with Crippen LogP contribution in [0.1, 0.15) is 19.8 Å². The van der Waals surface area contributed by atoms with E-state index in [0.29, 0.717) is 6.32 Å². The fourth-order valence-electron chi connectivity index (χ4n) is 1.44. The van der Waals surface area contributed by atoms with Gasteiger partial charge in [0.05, 0.1) is 0 Å². The van der Waals surface area contributed by atoms with Crippen molar-refractivity contribution >= 4 is 18.9 Å². The third-order valence-electron chi connectivity index (χ3n) is 2.23. The summed E-state index contributed by atoms with van der Waals surface area (Å²) in [7, 11) is -0.556. The zero-order valence-corrected chi connectivity index (χ0v) is 8.64. The zero-order chi connectivity index (χ0) is 11.4. The van der Waals surface area contributed by atoms with E-state index in [1.165, 1.54) is 0 Å². The Balaban J connectivity index is 2.57. The molecule has 0 aromatic rings. The van der Waals surface area contributed by atoms with Gasteiger partial charge in [-0.15, -0.1) is 0 Å². The van der Waals surface area contributed by atoms with E-state index in [9.17, 15) is 9.59 Å². The van der Waals surface area contributed by atoms with E-state index in [4.69, 9.17) is 20.8 Å². The Kier molecular flexibility index (Phi) is 4.10. The summed E-state index contributed by atoms with van der Waals surface area (Å²) >= 11 is 0. The van der Waals surface area contributed by atoms with E-state index < -0.39 is 31.1 Å². The van der Waals surface area contributed by atoms with E-state index in [0.717, 1.165) is 12.8 Å². The molecule has 1 heterocycles. The smallest absolute Gasteiger partial charge is 0.397 e. The van der Waals surface area contributed by atoms with Crippen molar-refractivity contribution in [1.82, 2.24) is 0 Å². The second kappa shape index (κ2) is 5.13. The van der Waals surface area contributed by atoms with Gasteiger partial charge in [0.25, 0.3) is 0 Å². The number of carbonyl (C=O) groups is 2. The number of hydrogen-bond donors (Lipinski definition) is 2. The number of rotatable bonds is 5. The quantitative estimate of drug-likeness (QED) is 0.574. The third kappa shape index (κ3) is 2.94. The highest BCUT2D eigenvalue weighted by molar-refractivity contribution is 6.46. The molecule has 0 saturated carbocycles. The number of carbonyl (C=O) groups excluding carboxylic acids is 2. The van der Waals surface area contributed by atoms with Crippen molar-refractivity contribution < 1.29 is 18.9 Å². The Morgan fingerprint density at radius 3 is 2.00 bits per heavy atom. The molecule has 6 nitrogen and oxygen atoms in total. The molecule has 0 bridgehead atoms. The molecule has 1 rings (SSSR count). The summed E-state index contributed by atoms with van der Waals surface area (Å²) in [4.78, 5) is 21.9. The van der Waals surface area contributed by atoms with Gasteiger partial charge in [0.2, 0.25) is 11.8 Å². The highest BCUT2D eigenvalue weighted by Crippen LogP contribution is 2.20. The van der Waals surface area contributed by atoms with Gasteiger partial charge in [-0.25, -0.2) is 0 Å². The lowest BCUT2D eigenvalue weighted by Gasteiger charge is -2.10. The van der Waals surface area contributed by atoms with E-state index in [-0.39, 0.29) is 0 Å². The van der Waals surface area contributed by atoms with Crippen LogP contribution >= 0.6 is 0 Å². The predicted molar refractivity (Wildman–Crippen MR) is 53.6 cm³/mol. The molecule has 0 aromatic carbocycles. The minimum absolute atomic E-state index is 0.556. The van der Waals surface area contributed by atoms with Gasteiger partial charge >= 0.3 is 7.12 Å². The van der Waals surface area contributed by atoms with Gasteiger partial charge in [-0.05, 0) is 6.32 Å². The number of unbranched alkanes of at least 4 members (excludes halogenated alkanes) is 1. The summed E-state index contributed by atoms with van der Waals surface area (Å²) in [6.45, 7) is 2.02. The molecule has 2 amide bonds. The van der Waals surface area contributed by atoms with Gasteiger partial charge in [0.15, 0.2) is 12.2 Å². The van der Waals surface area contributed by atoms with Gasteiger partial charge in [-0.1, -0.05) is 19.8 Å². The Labute approximate surface area is 88.4 Å². The van der Waals surface area contributed by atoms with Crippen LogP contribution in [-0.2, 0) is 18.9 Å². The minimum Gasteiger partial charge on any atom is -0.397 e. The van der Waals surface area contributed by atoms with Gasteiger partial charge in [-0.3, -0.25) is 9.59 Å². The molecule has 0 aromatic heterocycles. The van der Waals surface area contributed by atoms with Crippen molar-refractivity contribution in [3.63, 3.8) is 0 Å². The van der Waals surface area contributed by atoms with Gasteiger partial charge < -0.3 is 20.8 Å². The summed E-state index contributed by atoms with van der Waals surface area (Å²) in [5.74, 6) is -1.45. The SMILES string of the molecule is CCCCB1O[C@@H](C(N)=O)[C@H](C(N)=O)O1. The summed E-state index contributed by atoms with van der Waals surface area (Å²) in [5, 5.41) is 0. The molecule has 84 valence electrons. The molecule has 1 saturated heterocycles. The fraction of sp³-hybridized carbons (Fsp3) is 0.750. The highest BCUT2D eigenvalue weighted by atomic mass is 16.7. The first-order valence-electron chi connectivity index (χ1n) is 4.95. The van der Waals surface area contributed by atoms with Crippen LogP contribution < -0.4 is 11.5 Å². The second-order valence-corrected chi connectivity index (χ2v) is 3.49. The lowest BCUT2D eigenvalue weighted by atomic mass is 9.83. The lowest BCUT2D eigenvalue weighted by molar-refractivity contribution is -0.133. The number of primary amides is 2. The van der Waals surface area contributed by atoms with E-state index in [2.05, 4.69) is 0 Å². The molecular formula is C8H15BN2O4. The van der Waals surface area contributed by atoms with Crippen LogP contribution in [-0.4, -0.2) is 31.1 Å². The van der Waals surface area contributed by atoms with Gasteiger partial charge in [0, 0.05) is 0 Å². The second-order valence-electron chi connectivity index (χ2n) is 3.49. The first-order valence-corrected chi connectivity index (χ1v) is 4.95. The predicted octanol–water partition coefficient (Wildman–Crippen LogP) is -0.971. The molecule has 1 fully saturated rings. The number of nitrogens with two attached hydrogens (primary N) is 2. The molecule has 4 N–H and O–H groups in total. The maximum atomic E-state index is 10.9. The van der Waals surface area contributed by atoms with Crippen molar-refractivity contribution in [2.45, 2.75) is 38.3 Å². The Hall–Kier alpha value is -1.08. The van der Waals surface area contributed by atoms with Crippen LogP contribution in [0.5, 0.6) is 0 Å².